The number of ether oxygens (including phenoxy) is 3. The van der Waals surface area contributed by atoms with E-state index in [-0.39, 0.29) is 25.9 Å². The normalized spacial score (nSPS) is 14.0. The summed E-state index contributed by atoms with van der Waals surface area (Å²) in [6, 6.07) is 0. The number of aliphatic hydroxyl groups excluding tert-OH is 1. The summed E-state index contributed by atoms with van der Waals surface area (Å²) >= 11 is 0. The quantitative estimate of drug-likeness (QED) is 0.0197. The molecule has 0 aromatic heterocycles. The molecule has 480 valence electrons. The van der Waals surface area contributed by atoms with Crippen molar-refractivity contribution in [2.45, 2.75) is 290 Å². The zero-order chi connectivity index (χ0) is 61.2. The first kappa shape index (κ1) is 79.9. The summed E-state index contributed by atoms with van der Waals surface area (Å²) in [5.74, 6) is -1.54. The van der Waals surface area contributed by atoms with Crippen molar-refractivity contribution < 1.29 is 52.2 Å². The Morgan fingerprint density at radius 2 is 0.619 bits per heavy atom. The zero-order valence-electron chi connectivity index (χ0n) is 53.3. The third-order valence-corrected chi connectivity index (χ3v) is 14.8. The molecule has 0 fully saturated rings. The van der Waals surface area contributed by atoms with E-state index in [0.29, 0.717) is 19.3 Å². The molecule has 0 amide bonds. The number of hydrogen-bond donors (Lipinski definition) is 2. The van der Waals surface area contributed by atoms with Crippen LogP contribution in [0.3, 0.4) is 0 Å². The molecule has 0 spiro atoms. The van der Waals surface area contributed by atoms with Crippen molar-refractivity contribution in [3.63, 3.8) is 0 Å². The zero-order valence-corrected chi connectivity index (χ0v) is 54.2. The minimum atomic E-state index is -4.78. The minimum absolute atomic E-state index is 0.115. The van der Waals surface area contributed by atoms with Gasteiger partial charge in [-0.15, -0.1) is 0 Å². The number of allylic oxidation sites excluding steroid dienone is 20. The summed E-state index contributed by atoms with van der Waals surface area (Å²) in [5, 5.41) is 9.88. The second-order valence-electron chi connectivity index (χ2n) is 21.9. The number of esters is 3. The van der Waals surface area contributed by atoms with Gasteiger partial charge in [-0.25, -0.2) is 4.57 Å². The highest BCUT2D eigenvalue weighted by Crippen LogP contribution is 2.43. The number of carbonyl (C=O) groups excluding carboxylic acids is 3. The Morgan fingerprint density at radius 1 is 0.345 bits per heavy atom. The summed E-state index contributed by atoms with van der Waals surface area (Å²) < 4.78 is 39.7. The van der Waals surface area contributed by atoms with Crippen molar-refractivity contribution in [2.75, 3.05) is 26.4 Å². The summed E-state index contributed by atoms with van der Waals surface area (Å²) in [7, 11) is -4.78. The Labute approximate surface area is 513 Å². The average molecular weight is 1190 g/mol. The molecule has 0 aliphatic heterocycles. The van der Waals surface area contributed by atoms with Gasteiger partial charge in [0.25, 0.3) is 0 Å². The monoisotopic (exact) mass is 1190 g/mol. The second kappa shape index (κ2) is 64.9. The largest absolute Gasteiger partial charge is 0.472 e. The predicted octanol–water partition coefficient (Wildman–Crippen LogP) is 20.7. The van der Waals surface area contributed by atoms with Gasteiger partial charge in [0, 0.05) is 19.3 Å². The van der Waals surface area contributed by atoms with Crippen LogP contribution in [0, 0.1) is 0 Å². The Kier molecular flexibility index (Phi) is 61.7. The van der Waals surface area contributed by atoms with Crippen LogP contribution in [-0.4, -0.2) is 66.5 Å². The van der Waals surface area contributed by atoms with E-state index in [1.807, 2.05) is 0 Å². The number of aliphatic hydroxyl groups is 1. The van der Waals surface area contributed by atoms with Crippen molar-refractivity contribution in [2.24, 2.45) is 0 Å². The van der Waals surface area contributed by atoms with Gasteiger partial charge in [0.05, 0.1) is 19.8 Å². The molecule has 0 aromatic carbocycles. The maximum absolute atomic E-state index is 13.0. The lowest BCUT2D eigenvalue weighted by molar-refractivity contribution is -0.161. The van der Waals surface area contributed by atoms with Crippen LogP contribution < -0.4 is 0 Å². The van der Waals surface area contributed by atoms with E-state index in [1.165, 1.54) is 96.3 Å². The number of rotatable bonds is 61. The second-order valence-corrected chi connectivity index (χ2v) is 23.3. The maximum atomic E-state index is 13.0. The highest BCUT2D eigenvalue weighted by atomic mass is 31.2. The molecule has 0 rings (SSSR count). The Balaban J connectivity index is 4.78. The highest BCUT2D eigenvalue weighted by Gasteiger charge is 2.28. The standard InChI is InChI=1S/C72H121O11P/c1-4-7-10-13-16-19-22-25-28-31-34-37-40-43-46-49-52-55-58-61-70(74)79-65-69(83-72(76)63-60-57-54-51-48-45-42-39-36-33-30-27-24-21-18-15-12-9-6-3)67-81-84(77,78)80-66-68(64-73)82-71(75)62-59-56-53-50-47-44-41-38-35-32-29-26-23-20-17-14-11-8-5-2/h7,9-10,12,16,18-19,21,25,27-28,30,34,36-37,39,43,45-46,48,68-69,73H,4-6,8,11,13-15,17,20,22-24,26,29,31-33,35,38,40-42,44,47,49-67H2,1-3H3,(H,77,78)/b10-7-,12-9-,19-16-,21-18-,28-25-,30-27-,37-34-,39-36-,46-43-,48-45-. The summed E-state index contributed by atoms with van der Waals surface area (Å²) in [5.41, 5.74) is 0. The molecule has 0 radical (unpaired) electrons. The smallest absolute Gasteiger partial charge is 0.462 e. The summed E-state index contributed by atoms with van der Waals surface area (Å²) in [6.07, 6.45) is 81.5. The van der Waals surface area contributed by atoms with E-state index in [9.17, 15) is 28.9 Å². The first-order valence-electron chi connectivity index (χ1n) is 33.4. The van der Waals surface area contributed by atoms with Gasteiger partial charge in [-0.3, -0.25) is 23.4 Å². The molecule has 11 nitrogen and oxygen atoms in total. The van der Waals surface area contributed by atoms with Gasteiger partial charge in [0.15, 0.2) is 6.10 Å². The van der Waals surface area contributed by atoms with Gasteiger partial charge < -0.3 is 24.2 Å². The summed E-state index contributed by atoms with van der Waals surface area (Å²) in [6.45, 7) is 4.38. The SMILES string of the molecule is CC/C=C\C/C=C\C/C=C\C/C=C\C/C=C\CCCCCC(=O)OCC(COP(=O)(O)OCC(CO)OC(=O)CCCCCCCCCCCCCCCCCCCCC)OC(=O)CCCCC/C=C\C/C=C\C/C=C\C/C=C\C/C=C\CC. The number of phosphoric acid groups is 1. The van der Waals surface area contributed by atoms with Crippen LogP contribution in [0.2, 0.25) is 0 Å². The highest BCUT2D eigenvalue weighted by molar-refractivity contribution is 7.47. The number of carbonyl (C=O) groups is 3. The fourth-order valence-corrected chi connectivity index (χ4v) is 9.67. The topological polar surface area (TPSA) is 155 Å². The van der Waals surface area contributed by atoms with Crippen molar-refractivity contribution in [1.29, 1.82) is 0 Å². The van der Waals surface area contributed by atoms with Gasteiger partial charge in [-0.05, 0) is 109 Å². The molecule has 0 heterocycles. The van der Waals surface area contributed by atoms with Crippen LogP contribution in [-0.2, 0) is 42.2 Å². The van der Waals surface area contributed by atoms with E-state index < -0.39 is 57.8 Å². The van der Waals surface area contributed by atoms with Gasteiger partial charge in [0.2, 0.25) is 0 Å². The van der Waals surface area contributed by atoms with Crippen molar-refractivity contribution in [3.05, 3.63) is 122 Å². The number of unbranched alkanes of at least 4 members (excludes halogenated alkanes) is 24. The average Bonchev–Trinajstić information content (AvgIpc) is 3.55. The van der Waals surface area contributed by atoms with E-state index in [4.69, 9.17) is 23.3 Å². The molecule has 0 saturated carbocycles. The third-order valence-electron chi connectivity index (χ3n) is 13.9. The van der Waals surface area contributed by atoms with Crippen molar-refractivity contribution in [3.8, 4) is 0 Å². The lowest BCUT2D eigenvalue weighted by Crippen LogP contribution is -2.30. The fourth-order valence-electron chi connectivity index (χ4n) is 8.88. The molecule has 0 aliphatic carbocycles. The molecule has 0 bridgehead atoms. The van der Waals surface area contributed by atoms with E-state index in [1.54, 1.807) is 0 Å². The van der Waals surface area contributed by atoms with Gasteiger partial charge >= 0.3 is 25.7 Å². The fraction of sp³-hybridized carbons (Fsp3) is 0.681. The number of phosphoric ester groups is 1. The van der Waals surface area contributed by atoms with E-state index in [0.717, 1.165) is 122 Å². The molecule has 0 aliphatic rings. The molecule has 0 aromatic rings. The molecular weight excluding hydrogens is 1070 g/mol. The van der Waals surface area contributed by atoms with E-state index >= 15 is 0 Å². The van der Waals surface area contributed by atoms with Crippen molar-refractivity contribution >= 4 is 25.7 Å². The predicted molar refractivity (Wildman–Crippen MR) is 353 cm³/mol. The molecule has 3 unspecified atom stereocenters. The molecule has 2 N–H and O–H groups in total. The van der Waals surface area contributed by atoms with Crippen LogP contribution in [0.4, 0.5) is 0 Å². The Morgan fingerprint density at radius 3 is 0.952 bits per heavy atom. The van der Waals surface area contributed by atoms with Crippen LogP contribution in [0.5, 0.6) is 0 Å². The first-order valence-corrected chi connectivity index (χ1v) is 34.9. The number of hydrogen-bond acceptors (Lipinski definition) is 10. The third kappa shape index (κ3) is 62.4. The van der Waals surface area contributed by atoms with Crippen LogP contribution in [0.25, 0.3) is 0 Å². The van der Waals surface area contributed by atoms with Crippen LogP contribution in [0.1, 0.15) is 278 Å². The molecule has 84 heavy (non-hydrogen) atoms. The lowest BCUT2D eigenvalue weighted by Gasteiger charge is -2.21. The minimum Gasteiger partial charge on any atom is -0.462 e. The van der Waals surface area contributed by atoms with E-state index in [2.05, 4.69) is 142 Å². The summed E-state index contributed by atoms with van der Waals surface area (Å²) in [4.78, 5) is 48.8. The molecule has 0 saturated heterocycles. The molecular formula is C72H121O11P. The molecule has 3 atom stereocenters. The van der Waals surface area contributed by atoms with Crippen LogP contribution >= 0.6 is 7.82 Å². The van der Waals surface area contributed by atoms with Crippen molar-refractivity contribution in [1.82, 2.24) is 0 Å². The Hall–Kier alpha value is -4.12. The lowest BCUT2D eigenvalue weighted by atomic mass is 10.0. The Bertz CT molecular complexity index is 1870. The van der Waals surface area contributed by atoms with Crippen LogP contribution in [0.15, 0.2) is 122 Å². The van der Waals surface area contributed by atoms with Gasteiger partial charge in [0.1, 0.15) is 12.7 Å². The van der Waals surface area contributed by atoms with Gasteiger partial charge in [-0.1, -0.05) is 271 Å². The molecule has 12 heteroatoms. The first-order chi connectivity index (χ1) is 41.2. The van der Waals surface area contributed by atoms with Gasteiger partial charge in [-0.2, -0.15) is 0 Å². The maximum Gasteiger partial charge on any atom is 0.472 e.